The van der Waals surface area contributed by atoms with E-state index in [1.165, 1.54) is 41.7 Å². The number of rotatable bonds is 4. The average molecular weight is 334 g/mol. The van der Waals surface area contributed by atoms with Crippen molar-refractivity contribution >= 4 is 23.3 Å². The minimum absolute atomic E-state index is 0.000760. The number of hydrogen-bond acceptors (Lipinski definition) is 6. The van der Waals surface area contributed by atoms with E-state index in [1.807, 2.05) is 6.07 Å². The number of aryl methyl sites for hydroxylation is 3. The minimum Gasteiger partial charge on any atom is -0.465 e. The zero-order valence-corrected chi connectivity index (χ0v) is 14.0. The van der Waals surface area contributed by atoms with Gasteiger partial charge in [0.25, 0.3) is 0 Å². The lowest BCUT2D eigenvalue weighted by Crippen LogP contribution is -2.03. The van der Waals surface area contributed by atoms with Gasteiger partial charge in [0.05, 0.1) is 7.11 Å². The molecular weight excluding hydrogens is 316 g/mol. The molecule has 122 valence electrons. The second-order valence-electron chi connectivity index (χ2n) is 5.52. The fourth-order valence-corrected chi connectivity index (χ4v) is 3.87. The van der Waals surface area contributed by atoms with Crippen molar-refractivity contribution in [1.29, 1.82) is 0 Å². The summed E-state index contributed by atoms with van der Waals surface area (Å²) in [5, 5.41) is 0. The lowest BCUT2D eigenvalue weighted by atomic mass is 9.99. The van der Waals surface area contributed by atoms with Gasteiger partial charge in [-0.25, -0.2) is 9.59 Å². The molecule has 0 aliphatic heterocycles. The summed E-state index contributed by atoms with van der Waals surface area (Å²) in [6.07, 6.45) is 4.45. The van der Waals surface area contributed by atoms with Crippen LogP contribution in [-0.2, 0) is 28.9 Å². The Bertz CT molecular complexity index is 717. The van der Waals surface area contributed by atoms with Crippen molar-refractivity contribution in [2.45, 2.75) is 39.2 Å². The first-order chi connectivity index (χ1) is 11.1. The standard InChI is InChI=1S/C17H18O5S/c1-10-13(16(18)20-2)8-12(22-10)9-21-17(19)15-7-11-5-3-4-6-14(11)23-15/h7-8H,3-6,9H2,1-2H3. The van der Waals surface area contributed by atoms with Gasteiger partial charge in [-0.1, -0.05) is 0 Å². The van der Waals surface area contributed by atoms with Crippen molar-refractivity contribution in [3.05, 3.63) is 44.5 Å². The smallest absolute Gasteiger partial charge is 0.348 e. The first kappa shape index (κ1) is 15.8. The Hall–Kier alpha value is -2.08. The van der Waals surface area contributed by atoms with E-state index in [0.29, 0.717) is 22.0 Å². The summed E-state index contributed by atoms with van der Waals surface area (Å²) in [6, 6.07) is 3.49. The lowest BCUT2D eigenvalue weighted by molar-refractivity contribution is 0.0449. The maximum atomic E-state index is 12.2. The number of ether oxygens (including phenoxy) is 2. The van der Waals surface area contributed by atoms with Crippen LogP contribution in [0.2, 0.25) is 0 Å². The average Bonchev–Trinajstić information content (AvgIpc) is 3.15. The molecule has 0 amide bonds. The summed E-state index contributed by atoms with van der Waals surface area (Å²) >= 11 is 1.52. The van der Waals surface area contributed by atoms with E-state index >= 15 is 0 Å². The largest absolute Gasteiger partial charge is 0.465 e. The highest BCUT2D eigenvalue weighted by molar-refractivity contribution is 7.14. The van der Waals surface area contributed by atoms with E-state index in [9.17, 15) is 9.59 Å². The lowest BCUT2D eigenvalue weighted by Gasteiger charge is -2.08. The SMILES string of the molecule is COC(=O)c1cc(COC(=O)c2cc3c(s2)CCCC3)oc1C. The number of fused-ring (bicyclic) bond motifs is 1. The maximum absolute atomic E-state index is 12.2. The van der Waals surface area contributed by atoms with Crippen LogP contribution in [0.5, 0.6) is 0 Å². The fourth-order valence-electron chi connectivity index (χ4n) is 2.73. The van der Waals surface area contributed by atoms with Crippen molar-refractivity contribution in [3.8, 4) is 0 Å². The predicted octanol–water partition coefficient (Wildman–Crippen LogP) is 3.67. The summed E-state index contributed by atoms with van der Waals surface area (Å²) in [5.74, 6) is 0.0693. The summed E-state index contributed by atoms with van der Waals surface area (Å²) in [6.45, 7) is 1.67. The zero-order chi connectivity index (χ0) is 16.4. The van der Waals surface area contributed by atoms with Gasteiger partial charge in [-0.2, -0.15) is 0 Å². The van der Waals surface area contributed by atoms with Crippen LogP contribution >= 0.6 is 11.3 Å². The third kappa shape index (κ3) is 3.32. The van der Waals surface area contributed by atoms with E-state index in [2.05, 4.69) is 4.74 Å². The Morgan fingerprint density at radius 3 is 2.74 bits per heavy atom. The molecular formula is C17H18O5S. The Balaban J connectivity index is 1.65. The summed E-state index contributed by atoms with van der Waals surface area (Å²) in [4.78, 5) is 25.6. The number of carbonyl (C=O) groups is 2. The van der Waals surface area contributed by atoms with E-state index in [1.54, 1.807) is 13.0 Å². The molecule has 6 heteroatoms. The summed E-state index contributed by atoms with van der Waals surface area (Å²) < 4.78 is 15.4. The van der Waals surface area contributed by atoms with Gasteiger partial charge < -0.3 is 13.9 Å². The molecule has 0 atom stereocenters. The van der Waals surface area contributed by atoms with Crippen LogP contribution in [0, 0.1) is 6.92 Å². The van der Waals surface area contributed by atoms with Gasteiger partial charge >= 0.3 is 11.9 Å². The zero-order valence-electron chi connectivity index (χ0n) is 13.1. The van der Waals surface area contributed by atoms with Gasteiger partial charge in [-0.05, 0) is 50.3 Å². The third-order valence-electron chi connectivity index (χ3n) is 3.92. The molecule has 0 N–H and O–H groups in total. The Morgan fingerprint density at radius 1 is 1.22 bits per heavy atom. The highest BCUT2D eigenvalue weighted by Gasteiger charge is 2.20. The molecule has 0 radical (unpaired) electrons. The van der Waals surface area contributed by atoms with Crippen molar-refractivity contribution in [2.75, 3.05) is 7.11 Å². The Labute approximate surface area is 138 Å². The van der Waals surface area contributed by atoms with Crippen molar-refractivity contribution < 1.29 is 23.5 Å². The number of thiophene rings is 1. The van der Waals surface area contributed by atoms with Crippen LogP contribution < -0.4 is 0 Å². The van der Waals surface area contributed by atoms with Crippen LogP contribution in [0.25, 0.3) is 0 Å². The molecule has 23 heavy (non-hydrogen) atoms. The second kappa shape index (κ2) is 6.58. The quantitative estimate of drug-likeness (QED) is 0.798. The topological polar surface area (TPSA) is 65.7 Å². The molecule has 1 aliphatic rings. The number of carbonyl (C=O) groups excluding carboxylic acids is 2. The molecule has 2 aromatic rings. The van der Waals surface area contributed by atoms with E-state index in [4.69, 9.17) is 9.15 Å². The molecule has 0 spiro atoms. The van der Waals surface area contributed by atoms with Gasteiger partial charge in [-0.15, -0.1) is 11.3 Å². The summed E-state index contributed by atoms with van der Waals surface area (Å²) in [5.41, 5.74) is 1.63. The van der Waals surface area contributed by atoms with Crippen LogP contribution in [-0.4, -0.2) is 19.0 Å². The highest BCUT2D eigenvalue weighted by Crippen LogP contribution is 2.30. The van der Waals surface area contributed by atoms with Crippen LogP contribution in [0.1, 0.15) is 54.8 Å². The second-order valence-corrected chi connectivity index (χ2v) is 6.65. The van der Waals surface area contributed by atoms with Crippen molar-refractivity contribution in [2.24, 2.45) is 0 Å². The van der Waals surface area contributed by atoms with Crippen LogP contribution in [0.3, 0.4) is 0 Å². The van der Waals surface area contributed by atoms with Gasteiger partial charge in [0.2, 0.25) is 0 Å². The van der Waals surface area contributed by atoms with E-state index in [0.717, 1.165) is 12.8 Å². The highest BCUT2D eigenvalue weighted by atomic mass is 32.1. The molecule has 0 fully saturated rings. The predicted molar refractivity (Wildman–Crippen MR) is 84.9 cm³/mol. The molecule has 2 heterocycles. The van der Waals surface area contributed by atoms with Gasteiger partial charge in [0.1, 0.15) is 28.6 Å². The number of hydrogen-bond donors (Lipinski definition) is 0. The summed E-state index contributed by atoms with van der Waals surface area (Å²) in [7, 11) is 1.31. The molecule has 0 unspecified atom stereocenters. The van der Waals surface area contributed by atoms with Crippen molar-refractivity contribution in [1.82, 2.24) is 0 Å². The third-order valence-corrected chi connectivity index (χ3v) is 5.13. The van der Waals surface area contributed by atoms with E-state index < -0.39 is 5.97 Å². The van der Waals surface area contributed by atoms with Gasteiger partial charge in [0.15, 0.2) is 0 Å². The molecule has 5 nitrogen and oxygen atoms in total. The molecule has 3 rings (SSSR count). The maximum Gasteiger partial charge on any atom is 0.348 e. The Kier molecular flexibility index (Phi) is 4.52. The normalized spacial score (nSPS) is 13.5. The monoisotopic (exact) mass is 334 g/mol. The fraction of sp³-hybridized carbons (Fsp3) is 0.412. The molecule has 2 aromatic heterocycles. The molecule has 0 aromatic carbocycles. The van der Waals surface area contributed by atoms with Gasteiger partial charge in [0, 0.05) is 4.88 Å². The Morgan fingerprint density at radius 2 is 2.00 bits per heavy atom. The number of methoxy groups -OCH3 is 1. The molecule has 1 aliphatic carbocycles. The molecule has 0 saturated heterocycles. The van der Waals surface area contributed by atoms with Crippen LogP contribution in [0.4, 0.5) is 0 Å². The van der Waals surface area contributed by atoms with Crippen molar-refractivity contribution in [3.63, 3.8) is 0 Å². The first-order valence-electron chi connectivity index (χ1n) is 7.55. The molecule has 0 bridgehead atoms. The minimum atomic E-state index is -0.463. The van der Waals surface area contributed by atoms with E-state index in [-0.39, 0.29) is 12.6 Å². The number of esters is 2. The van der Waals surface area contributed by atoms with Crippen LogP contribution in [0.15, 0.2) is 16.5 Å². The van der Waals surface area contributed by atoms with Gasteiger partial charge in [-0.3, -0.25) is 0 Å². The number of furan rings is 1. The molecule has 0 saturated carbocycles. The first-order valence-corrected chi connectivity index (χ1v) is 8.36.